The Bertz CT molecular complexity index is 146. The van der Waals surface area contributed by atoms with Gasteiger partial charge in [-0.25, -0.2) is 0 Å². The SMILES string of the molecule is COC1O[C@H](C)[C@H](O)[C@H](O)[C@H]1O. The molecule has 3 N–H and O–H groups in total. The molecule has 72 valence electrons. The van der Waals surface area contributed by atoms with Crippen LogP contribution in [0.25, 0.3) is 0 Å². The predicted molar refractivity (Wildman–Crippen MR) is 39.4 cm³/mol. The largest absolute Gasteiger partial charge is 0.388 e. The third-order valence-electron chi connectivity index (χ3n) is 2.04. The van der Waals surface area contributed by atoms with Gasteiger partial charge >= 0.3 is 0 Å². The van der Waals surface area contributed by atoms with Crippen molar-refractivity contribution in [2.45, 2.75) is 37.6 Å². The average molecular weight is 178 g/mol. The standard InChI is InChI=1S/C7H14O5/c1-3-4(8)5(9)6(10)7(11-2)12-3/h3-10H,1-2H3/t3-,4+,5+,6-,7?/m1/s1. The van der Waals surface area contributed by atoms with Crippen molar-refractivity contribution in [1.29, 1.82) is 0 Å². The van der Waals surface area contributed by atoms with Gasteiger partial charge in [-0.3, -0.25) is 0 Å². The van der Waals surface area contributed by atoms with Gasteiger partial charge in [-0.15, -0.1) is 0 Å². The van der Waals surface area contributed by atoms with Crippen molar-refractivity contribution in [1.82, 2.24) is 0 Å². The molecule has 5 nitrogen and oxygen atoms in total. The number of hydrogen-bond acceptors (Lipinski definition) is 5. The lowest BCUT2D eigenvalue weighted by molar-refractivity contribution is -0.286. The summed E-state index contributed by atoms with van der Waals surface area (Å²) in [4.78, 5) is 0. The second kappa shape index (κ2) is 3.68. The molecule has 1 aliphatic heterocycles. The topological polar surface area (TPSA) is 79.2 Å². The van der Waals surface area contributed by atoms with E-state index in [0.29, 0.717) is 0 Å². The molecule has 0 spiro atoms. The second-order valence-corrected chi connectivity index (χ2v) is 2.92. The van der Waals surface area contributed by atoms with Crippen molar-refractivity contribution >= 4 is 0 Å². The molecule has 0 bridgehead atoms. The van der Waals surface area contributed by atoms with Crippen LogP contribution in [-0.4, -0.2) is 53.1 Å². The van der Waals surface area contributed by atoms with Crippen molar-refractivity contribution in [2.24, 2.45) is 0 Å². The summed E-state index contributed by atoms with van der Waals surface area (Å²) in [7, 11) is 1.37. The van der Waals surface area contributed by atoms with Gasteiger partial charge in [-0.1, -0.05) is 0 Å². The highest BCUT2D eigenvalue weighted by Gasteiger charge is 2.41. The minimum absolute atomic E-state index is 0.534. The molecule has 1 rings (SSSR count). The Morgan fingerprint density at radius 2 is 1.67 bits per heavy atom. The normalized spacial score (nSPS) is 49.2. The van der Waals surface area contributed by atoms with Crippen molar-refractivity contribution in [2.75, 3.05) is 7.11 Å². The molecule has 0 radical (unpaired) electrons. The molecule has 0 saturated carbocycles. The minimum atomic E-state index is -1.21. The molecule has 0 amide bonds. The van der Waals surface area contributed by atoms with Crippen LogP contribution in [0.4, 0.5) is 0 Å². The van der Waals surface area contributed by atoms with Gasteiger partial charge in [0.1, 0.15) is 18.3 Å². The second-order valence-electron chi connectivity index (χ2n) is 2.92. The van der Waals surface area contributed by atoms with E-state index in [4.69, 9.17) is 9.47 Å². The summed E-state index contributed by atoms with van der Waals surface area (Å²) < 4.78 is 9.80. The molecule has 1 unspecified atom stereocenters. The Hall–Kier alpha value is -0.200. The molecule has 0 aromatic carbocycles. The first-order valence-electron chi connectivity index (χ1n) is 3.80. The van der Waals surface area contributed by atoms with Crippen LogP contribution in [0.1, 0.15) is 6.92 Å². The number of methoxy groups -OCH3 is 1. The smallest absolute Gasteiger partial charge is 0.186 e. The van der Waals surface area contributed by atoms with Gasteiger partial charge in [0.25, 0.3) is 0 Å². The molecular weight excluding hydrogens is 164 g/mol. The van der Waals surface area contributed by atoms with E-state index in [1.165, 1.54) is 7.11 Å². The lowest BCUT2D eigenvalue weighted by atomic mass is 10.0. The molecule has 0 aromatic heterocycles. The Labute approximate surface area is 70.5 Å². The molecule has 1 fully saturated rings. The molecule has 5 atom stereocenters. The molecule has 0 aromatic rings. The minimum Gasteiger partial charge on any atom is -0.388 e. The zero-order chi connectivity index (χ0) is 9.30. The first-order valence-corrected chi connectivity index (χ1v) is 3.80. The average Bonchev–Trinajstić information content (AvgIpc) is 2.08. The lowest BCUT2D eigenvalue weighted by Gasteiger charge is -2.38. The Morgan fingerprint density at radius 3 is 2.17 bits per heavy atom. The third kappa shape index (κ3) is 1.60. The van der Waals surface area contributed by atoms with E-state index in [1.54, 1.807) is 6.92 Å². The number of aliphatic hydroxyl groups excluding tert-OH is 3. The Morgan fingerprint density at radius 1 is 1.08 bits per heavy atom. The summed E-state index contributed by atoms with van der Waals surface area (Å²) in [6, 6.07) is 0. The van der Waals surface area contributed by atoms with E-state index in [1.807, 2.05) is 0 Å². The van der Waals surface area contributed by atoms with Gasteiger partial charge in [-0.05, 0) is 6.92 Å². The lowest BCUT2D eigenvalue weighted by Crippen LogP contribution is -2.57. The monoisotopic (exact) mass is 178 g/mol. The van der Waals surface area contributed by atoms with Crippen LogP contribution in [-0.2, 0) is 9.47 Å². The quantitative estimate of drug-likeness (QED) is 0.453. The predicted octanol–water partition coefficient (Wildman–Crippen LogP) is -1.54. The van der Waals surface area contributed by atoms with Gasteiger partial charge in [0.15, 0.2) is 6.29 Å². The summed E-state index contributed by atoms with van der Waals surface area (Å²) in [5.41, 5.74) is 0. The van der Waals surface area contributed by atoms with Crippen LogP contribution in [0.2, 0.25) is 0 Å². The van der Waals surface area contributed by atoms with Crippen LogP contribution in [0.3, 0.4) is 0 Å². The third-order valence-corrected chi connectivity index (χ3v) is 2.04. The molecule has 12 heavy (non-hydrogen) atoms. The van der Waals surface area contributed by atoms with Crippen LogP contribution < -0.4 is 0 Å². The summed E-state index contributed by atoms with van der Waals surface area (Å²) >= 11 is 0. The molecule has 0 aliphatic carbocycles. The molecule has 1 heterocycles. The van der Waals surface area contributed by atoms with Crippen LogP contribution in [0.15, 0.2) is 0 Å². The number of hydrogen-bond donors (Lipinski definition) is 3. The van der Waals surface area contributed by atoms with E-state index >= 15 is 0 Å². The fraction of sp³-hybridized carbons (Fsp3) is 1.00. The highest BCUT2D eigenvalue weighted by molar-refractivity contribution is 4.86. The van der Waals surface area contributed by atoms with Crippen LogP contribution >= 0.6 is 0 Å². The maximum absolute atomic E-state index is 9.27. The van der Waals surface area contributed by atoms with Crippen LogP contribution in [0, 0.1) is 0 Å². The number of ether oxygens (including phenoxy) is 2. The zero-order valence-corrected chi connectivity index (χ0v) is 7.04. The fourth-order valence-corrected chi connectivity index (χ4v) is 1.21. The van der Waals surface area contributed by atoms with Gasteiger partial charge < -0.3 is 24.8 Å². The molecule has 5 heteroatoms. The van der Waals surface area contributed by atoms with E-state index in [-0.39, 0.29) is 0 Å². The highest BCUT2D eigenvalue weighted by Crippen LogP contribution is 2.20. The highest BCUT2D eigenvalue weighted by atomic mass is 16.7. The fourth-order valence-electron chi connectivity index (χ4n) is 1.21. The summed E-state index contributed by atoms with van der Waals surface area (Å²) in [5.74, 6) is 0. The summed E-state index contributed by atoms with van der Waals surface area (Å²) in [6.07, 6.45) is -4.86. The van der Waals surface area contributed by atoms with Gasteiger partial charge in [0, 0.05) is 7.11 Å². The summed E-state index contributed by atoms with van der Waals surface area (Å²) in [6.45, 7) is 1.60. The van der Waals surface area contributed by atoms with E-state index in [2.05, 4.69) is 0 Å². The van der Waals surface area contributed by atoms with Crippen molar-refractivity contribution < 1.29 is 24.8 Å². The number of rotatable bonds is 1. The maximum Gasteiger partial charge on any atom is 0.186 e. The maximum atomic E-state index is 9.27. The Kier molecular flexibility index (Phi) is 3.03. The van der Waals surface area contributed by atoms with Crippen molar-refractivity contribution in [3.05, 3.63) is 0 Å². The molecule has 1 aliphatic rings. The van der Waals surface area contributed by atoms with E-state index in [9.17, 15) is 15.3 Å². The van der Waals surface area contributed by atoms with Crippen LogP contribution in [0.5, 0.6) is 0 Å². The van der Waals surface area contributed by atoms with Gasteiger partial charge in [0.05, 0.1) is 6.10 Å². The summed E-state index contributed by atoms with van der Waals surface area (Å²) in [5, 5.41) is 27.8. The van der Waals surface area contributed by atoms with Gasteiger partial charge in [0.2, 0.25) is 0 Å². The zero-order valence-electron chi connectivity index (χ0n) is 7.04. The first kappa shape index (κ1) is 9.88. The van der Waals surface area contributed by atoms with Crippen molar-refractivity contribution in [3.8, 4) is 0 Å². The number of aliphatic hydroxyl groups is 3. The molecule has 1 saturated heterocycles. The van der Waals surface area contributed by atoms with E-state index in [0.717, 1.165) is 0 Å². The molecular formula is C7H14O5. The van der Waals surface area contributed by atoms with Gasteiger partial charge in [-0.2, -0.15) is 0 Å². The van der Waals surface area contributed by atoms with Crippen molar-refractivity contribution in [3.63, 3.8) is 0 Å². The Balaban J connectivity index is 2.63. The van der Waals surface area contributed by atoms with E-state index < -0.39 is 30.7 Å². The first-order chi connectivity index (χ1) is 5.57.